The van der Waals surface area contributed by atoms with E-state index in [1.807, 2.05) is 56.3 Å². The molecule has 1 atom stereocenters. The number of nitrogens with one attached hydrogen (secondary N) is 1. The highest BCUT2D eigenvalue weighted by molar-refractivity contribution is 5.71. The number of carbonyl (C=O) groups excluding carboxylic acids is 1. The van der Waals surface area contributed by atoms with E-state index in [-0.39, 0.29) is 18.4 Å². The molecule has 0 spiro atoms. The van der Waals surface area contributed by atoms with Crippen molar-refractivity contribution in [3.05, 3.63) is 59.8 Å². The quantitative estimate of drug-likeness (QED) is 0.825. The third-order valence-corrected chi connectivity index (χ3v) is 3.14. The highest BCUT2D eigenvalue weighted by Gasteiger charge is 2.17. The molecule has 1 aromatic carbocycles. The summed E-state index contributed by atoms with van der Waals surface area (Å²) in [5.74, 6) is 0.527. The van der Waals surface area contributed by atoms with Crippen molar-refractivity contribution in [2.45, 2.75) is 26.3 Å². The van der Waals surface area contributed by atoms with E-state index in [2.05, 4.69) is 10.3 Å². The zero-order valence-electron chi connectivity index (χ0n) is 12.4. The van der Waals surface area contributed by atoms with Gasteiger partial charge in [-0.2, -0.15) is 0 Å². The molecule has 1 aromatic heterocycles. The molecule has 0 saturated heterocycles. The number of aromatic nitrogens is 1. The third-order valence-electron chi connectivity index (χ3n) is 3.14. The summed E-state index contributed by atoms with van der Waals surface area (Å²) in [6, 6.07) is 13.6. The van der Waals surface area contributed by atoms with Crippen molar-refractivity contribution in [2.24, 2.45) is 0 Å². The molecule has 4 nitrogen and oxygen atoms in total. The maximum Gasteiger partial charge on any atom is 0.308 e. The van der Waals surface area contributed by atoms with Gasteiger partial charge in [-0.1, -0.05) is 35.9 Å². The molecular formula is C17H20N2O2. The van der Waals surface area contributed by atoms with E-state index in [4.69, 9.17) is 4.74 Å². The minimum absolute atomic E-state index is 0.153. The molecule has 0 saturated carbocycles. The molecule has 0 aliphatic heterocycles. The molecule has 1 N–H and O–H groups in total. The molecule has 2 rings (SSSR count). The number of nitrogens with zero attached hydrogens (tertiary/aromatic N) is 1. The number of aryl methyl sites for hydroxylation is 1. The standard InChI is InChI=1S/C17H20N2O2/c1-3-21-17(20)12-15(14-9-7-13(2)8-10-14)19-16-6-4-5-11-18-16/h4-11,15H,3,12H2,1-2H3,(H,18,19). The smallest absolute Gasteiger partial charge is 0.308 e. The number of benzene rings is 1. The van der Waals surface area contributed by atoms with Crippen LogP contribution in [0.4, 0.5) is 5.82 Å². The Morgan fingerprint density at radius 2 is 2.00 bits per heavy atom. The average molecular weight is 284 g/mol. The van der Waals surface area contributed by atoms with Crippen LogP contribution in [0.3, 0.4) is 0 Å². The minimum atomic E-state index is -0.216. The number of ether oxygens (including phenoxy) is 1. The number of hydrogen-bond donors (Lipinski definition) is 1. The zero-order chi connectivity index (χ0) is 15.1. The van der Waals surface area contributed by atoms with Gasteiger partial charge in [-0.05, 0) is 31.5 Å². The summed E-state index contributed by atoms with van der Waals surface area (Å²) in [6.45, 7) is 4.24. The Morgan fingerprint density at radius 1 is 1.24 bits per heavy atom. The summed E-state index contributed by atoms with van der Waals surface area (Å²) in [4.78, 5) is 16.1. The van der Waals surface area contributed by atoms with Crippen LogP contribution in [0.1, 0.15) is 30.5 Å². The molecule has 1 unspecified atom stereocenters. The lowest BCUT2D eigenvalue weighted by Crippen LogP contribution is -2.17. The van der Waals surface area contributed by atoms with Crippen LogP contribution in [0, 0.1) is 6.92 Å². The van der Waals surface area contributed by atoms with Gasteiger partial charge in [-0.25, -0.2) is 4.98 Å². The molecule has 0 fully saturated rings. The molecular weight excluding hydrogens is 264 g/mol. The molecule has 1 heterocycles. The maximum absolute atomic E-state index is 11.8. The number of esters is 1. The summed E-state index contributed by atoms with van der Waals surface area (Å²) >= 11 is 0. The first-order chi connectivity index (χ1) is 10.2. The lowest BCUT2D eigenvalue weighted by molar-refractivity contribution is -0.143. The molecule has 4 heteroatoms. The number of hydrogen-bond acceptors (Lipinski definition) is 4. The highest BCUT2D eigenvalue weighted by Crippen LogP contribution is 2.22. The third kappa shape index (κ3) is 4.60. The summed E-state index contributed by atoms with van der Waals surface area (Å²) in [6.07, 6.45) is 1.99. The molecule has 0 amide bonds. The normalized spacial score (nSPS) is 11.7. The second kappa shape index (κ2) is 7.43. The van der Waals surface area contributed by atoms with Gasteiger partial charge in [-0.3, -0.25) is 4.79 Å². The Hall–Kier alpha value is -2.36. The van der Waals surface area contributed by atoms with Crippen molar-refractivity contribution >= 4 is 11.8 Å². The lowest BCUT2D eigenvalue weighted by Gasteiger charge is -2.19. The van der Waals surface area contributed by atoms with E-state index in [1.165, 1.54) is 5.56 Å². The molecule has 0 bridgehead atoms. The fourth-order valence-corrected chi connectivity index (χ4v) is 2.06. The van der Waals surface area contributed by atoms with Crippen molar-refractivity contribution in [3.8, 4) is 0 Å². The highest BCUT2D eigenvalue weighted by atomic mass is 16.5. The van der Waals surface area contributed by atoms with Gasteiger partial charge in [0.2, 0.25) is 0 Å². The van der Waals surface area contributed by atoms with E-state index < -0.39 is 0 Å². The van der Waals surface area contributed by atoms with E-state index in [9.17, 15) is 4.79 Å². The first-order valence-corrected chi connectivity index (χ1v) is 7.09. The second-order valence-electron chi connectivity index (χ2n) is 4.83. The fourth-order valence-electron chi connectivity index (χ4n) is 2.06. The predicted octanol–water partition coefficient (Wildman–Crippen LogP) is 3.50. The Balaban J connectivity index is 2.17. The average Bonchev–Trinajstić information content (AvgIpc) is 2.49. The molecule has 21 heavy (non-hydrogen) atoms. The first kappa shape index (κ1) is 15.0. The van der Waals surface area contributed by atoms with E-state index in [1.54, 1.807) is 6.20 Å². The van der Waals surface area contributed by atoms with Crippen LogP contribution < -0.4 is 5.32 Å². The van der Waals surface area contributed by atoms with E-state index >= 15 is 0 Å². The number of pyridine rings is 1. The fraction of sp³-hybridized carbons (Fsp3) is 0.294. The van der Waals surface area contributed by atoms with Crippen molar-refractivity contribution < 1.29 is 9.53 Å². The monoisotopic (exact) mass is 284 g/mol. The van der Waals surface area contributed by atoms with Crippen LogP contribution in [0.5, 0.6) is 0 Å². The van der Waals surface area contributed by atoms with Crippen LogP contribution in [0.15, 0.2) is 48.7 Å². The molecule has 2 aromatic rings. The SMILES string of the molecule is CCOC(=O)CC(Nc1ccccn1)c1ccc(C)cc1. The van der Waals surface area contributed by atoms with Gasteiger partial charge in [0.05, 0.1) is 19.1 Å². The van der Waals surface area contributed by atoms with Crippen LogP contribution in [-0.4, -0.2) is 17.6 Å². The molecule has 110 valence electrons. The van der Waals surface area contributed by atoms with Gasteiger partial charge in [-0.15, -0.1) is 0 Å². The predicted molar refractivity (Wildman–Crippen MR) is 83.0 cm³/mol. The Kier molecular flexibility index (Phi) is 5.32. The summed E-state index contributed by atoms with van der Waals surface area (Å²) in [5, 5.41) is 3.29. The van der Waals surface area contributed by atoms with Gasteiger partial charge in [0.15, 0.2) is 0 Å². The first-order valence-electron chi connectivity index (χ1n) is 7.09. The lowest BCUT2D eigenvalue weighted by atomic mass is 10.0. The Morgan fingerprint density at radius 3 is 2.62 bits per heavy atom. The summed E-state index contributed by atoms with van der Waals surface area (Å²) in [5.41, 5.74) is 2.23. The maximum atomic E-state index is 11.8. The Labute approximate surface area is 125 Å². The Bertz CT molecular complexity index is 567. The molecule has 0 radical (unpaired) electrons. The van der Waals surface area contributed by atoms with Crippen LogP contribution in [0.2, 0.25) is 0 Å². The summed E-state index contributed by atoms with van der Waals surface area (Å²) in [7, 11) is 0. The largest absolute Gasteiger partial charge is 0.466 e. The molecule has 0 aliphatic carbocycles. The zero-order valence-corrected chi connectivity index (χ0v) is 12.4. The number of carbonyl (C=O) groups is 1. The molecule has 0 aliphatic rings. The number of anilines is 1. The van der Waals surface area contributed by atoms with Crippen LogP contribution in [0.25, 0.3) is 0 Å². The van der Waals surface area contributed by atoms with E-state index in [0.717, 1.165) is 11.4 Å². The van der Waals surface area contributed by atoms with Crippen LogP contribution in [-0.2, 0) is 9.53 Å². The van der Waals surface area contributed by atoms with Crippen molar-refractivity contribution in [2.75, 3.05) is 11.9 Å². The van der Waals surface area contributed by atoms with Crippen molar-refractivity contribution in [1.82, 2.24) is 4.98 Å². The van der Waals surface area contributed by atoms with Gasteiger partial charge in [0.25, 0.3) is 0 Å². The van der Waals surface area contributed by atoms with Crippen LogP contribution >= 0.6 is 0 Å². The van der Waals surface area contributed by atoms with Crippen molar-refractivity contribution in [3.63, 3.8) is 0 Å². The van der Waals surface area contributed by atoms with Gasteiger partial charge in [0.1, 0.15) is 5.82 Å². The topological polar surface area (TPSA) is 51.2 Å². The summed E-state index contributed by atoms with van der Waals surface area (Å²) < 4.78 is 5.06. The second-order valence-corrected chi connectivity index (χ2v) is 4.83. The van der Waals surface area contributed by atoms with E-state index in [0.29, 0.717) is 6.61 Å². The van der Waals surface area contributed by atoms with Gasteiger partial charge in [0, 0.05) is 6.20 Å². The van der Waals surface area contributed by atoms with Crippen molar-refractivity contribution in [1.29, 1.82) is 0 Å². The van der Waals surface area contributed by atoms with Gasteiger partial charge < -0.3 is 10.1 Å². The number of rotatable bonds is 6. The minimum Gasteiger partial charge on any atom is -0.466 e. The van der Waals surface area contributed by atoms with Gasteiger partial charge >= 0.3 is 5.97 Å².